The quantitative estimate of drug-likeness (QED) is 0.481. The van der Waals surface area contributed by atoms with E-state index in [2.05, 4.69) is 53.2 Å². The van der Waals surface area contributed by atoms with Crippen molar-refractivity contribution in [2.24, 2.45) is 10.4 Å². The predicted octanol–water partition coefficient (Wildman–Crippen LogP) is 2.97. The van der Waals surface area contributed by atoms with E-state index >= 15 is 0 Å². The van der Waals surface area contributed by atoms with Crippen molar-refractivity contribution < 1.29 is 0 Å². The summed E-state index contributed by atoms with van der Waals surface area (Å²) >= 11 is 0. The van der Waals surface area contributed by atoms with E-state index in [1.165, 1.54) is 0 Å². The zero-order chi connectivity index (χ0) is 16.9. The Hall–Kier alpha value is -1.78. The van der Waals surface area contributed by atoms with E-state index < -0.39 is 0 Å². The van der Waals surface area contributed by atoms with Crippen molar-refractivity contribution in [2.75, 3.05) is 32.0 Å². The van der Waals surface area contributed by atoms with Crippen LogP contribution in [0.5, 0.6) is 0 Å². The van der Waals surface area contributed by atoms with Gasteiger partial charge in [0.15, 0.2) is 5.96 Å². The Morgan fingerprint density at radius 3 is 2.52 bits per heavy atom. The molecule has 0 amide bonds. The second-order valence-electron chi connectivity index (χ2n) is 7.35. The van der Waals surface area contributed by atoms with Crippen molar-refractivity contribution >= 4 is 11.8 Å². The number of anilines is 1. The molecular formula is C18H31N5. The number of nitrogens with zero attached hydrogens (tertiary/aromatic N) is 3. The standard InChI is InChI=1S/C18H31N5/c1-17(2)14-23(18(17,3)4)16(19-5)22-13-9-8-12-21-15-10-6-7-11-20-15/h6-7,10-11H,8-9,12-14H2,1-5H3,(H,19,22)(H,20,21). The largest absolute Gasteiger partial charge is 0.370 e. The molecule has 1 aromatic heterocycles. The lowest BCUT2D eigenvalue weighted by Crippen LogP contribution is -2.72. The molecule has 0 saturated carbocycles. The molecule has 2 heterocycles. The number of unbranched alkanes of at least 4 members (excludes halogenated alkanes) is 1. The third-order valence-electron chi connectivity index (χ3n) is 5.21. The average Bonchev–Trinajstić information content (AvgIpc) is 2.53. The van der Waals surface area contributed by atoms with Gasteiger partial charge in [-0.3, -0.25) is 4.99 Å². The van der Waals surface area contributed by atoms with Crippen LogP contribution >= 0.6 is 0 Å². The summed E-state index contributed by atoms with van der Waals surface area (Å²) in [7, 11) is 1.87. The monoisotopic (exact) mass is 317 g/mol. The van der Waals surface area contributed by atoms with Crippen LogP contribution < -0.4 is 10.6 Å². The molecule has 1 aromatic rings. The second-order valence-corrected chi connectivity index (χ2v) is 7.35. The molecule has 1 fully saturated rings. The van der Waals surface area contributed by atoms with Crippen LogP contribution in [0.2, 0.25) is 0 Å². The summed E-state index contributed by atoms with van der Waals surface area (Å²) in [6.07, 6.45) is 4.02. The molecule has 23 heavy (non-hydrogen) atoms. The lowest BCUT2D eigenvalue weighted by atomic mass is 9.65. The molecule has 0 atom stereocenters. The Balaban J connectivity index is 1.66. The molecule has 0 aromatic carbocycles. The molecule has 1 aliphatic heterocycles. The van der Waals surface area contributed by atoms with Gasteiger partial charge in [-0.2, -0.15) is 0 Å². The first kappa shape index (κ1) is 17.6. The highest BCUT2D eigenvalue weighted by atomic mass is 15.4. The van der Waals surface area contributed by atoms with Gasteiger partial charge in [-0.05, 0) is 38.8 Å². The van der Waals surface area contributed by atoms with Crippen LogP contribution in [-0.2, 0) is 0 Å². The predicted molar refractivity (Wildman–Crippen MR) is 97.9 cm³/mol. The van der Waals surface area contributed by atoms with Gasteiger partial charge in [0, 0.05) is 43.8 Å². The molecule has 5 nitrogen and oxygen atoms in total. The maximum atomic E-state index is 4.44. The van der Waals surface area contributed by atoms with Crippen LogP contribution in [0.3, 0.4) is 0 Å². The summed E-state index contributed by atoms with van der Waals surface area (Å²) in [5, 5.41) is 6.83. The van der Waals surface area contributed by atoms with Gasteiger partial charge in [0.2, 0.25) is 0 Å². The molecule has 1 saturated heterocycles. The van der Waals surface area contributed by atoms with Crippen LogP contribution in [0.25, 0.3) is 0 Å². The fourth-order valence-corrected chi connectivity index (χ4v) is 2.83. The van der Waals surface area contributed by atoms with E-state index in [-0.39, 0.29) is 5.54 Å². The second kappa shape index (κ2) is 7.20. The summed E-state index contributed by atoms with van der Waals surface area (Å²) in [5.74, 6) is 1.97. The van der Waals surface area contributed by atoms with Crippen molar-refractivity contribution in [3.8, 4) is 0 Å². The summed E-state index contributed by atoms with van der Waals surface area (Å²) in [5.41, 5.74) is 0.479. The summed E-state index contributed by atoms with van der Waals surface area (Å²) in [6, 6.07) is 5.92. The molecule has 0 radical (unpaired) electrons. The SMILES string of the molecule is CN=C(NCCCCNc1ccccn1)N1CC(C)(C)C1(C)C. The van der Waals surface area contributed by atoms with Crippen LogP contribution in [-0.4, -0.2) is 48.1 Å². The zero-order valence-corrected chi connectivity index (χ0v) is 15.2. The lowest BCUT2D eigenvalue weighted by molar-refractivity contribution is -0.0667. The number of pyridine rings is 1. The number of guanidine groups is 1. The Labute approximate surface area is 140 Å². The molecule has 0 aliphatic carbocycles. The van der Waals surface area contributed by atoms with Gasteiger partial charge in [0.05, 0.1) is 0 Å². The highest BCUT2D eigenvalue weighted by molar-refractivity contribution is 5.81. The van der Waals surface area contributed by atoms with E-state index in [4.69, 9.17) is 0 Å². The van der Waals surface area contributed by atoms with E-state index in [1.807, 2.05) is 31.4 Å². The van der Waals surface area contributed by atoms with Crippen molar-refractivity contribution in [1.82, 2.24) is 15.2 Å². The number of likely N-dealkylation sites (tertiary alicyclic amines) is 1. The number of aromatic nitrogens is 1. The maximum Gasteiger partial charge on any atom is 0.194 e. The average molecular weight is 317 g/mol. The number of hydrogen-bond acceptors (Lipinski definition) is 3. The first-order valence-corrected chi connectivity index (χ1v) is 8.52. The highest BCUT2D eigenvalue weighted by Gasteiger charge is 2.53. The van der Waals surface area contributed by atoms with E-state index in [9.17, 15) is 0 Å². The van der Waals surface area contributed by atoms with Crippen molar-refractivity contribution in [2.45, 2.75) is 46.1 Å². The van der Waals surface area contributed by atoms with E-state index in [1.54, 1.807) is 0 Å². The van der Waals surface area contributed by atoms with Crippen LogP contribution in [0.1, 0.15) is 40.5 Å². The Morgan fingerprint density at radius 1 is 1.22 bits per heavy atom. The number of hydrogen-bond donors (Lipinski definition) is 2. The van der Waals surface area contributed by atoms with Gasteiger partial charge < -0.3 is 15.5 Å². The van der Waals surface area contributed by atoms with Crippen LogP contribution in [0.4, 0.5) is 5.82 Å². The smallest absolute Gasteiger partial charge is 0.194 e. The molecule has 0 bridgehead atoms. The summed E-state index contributed by atoms with van der Waals surface area (Å²) in [6.45, 7) is 12.2. The van der Waals surface area contributed by atoms with Crippen molar-refractivity contribution in [3.05, 3.63) is 24.4 Å². The third-order valence-corrected chi connectivity index (χ3v) is 5.21. The minimum Gasteiger partial charge on any atom is -0.370 e. The van der Waals surface area contributed by atoms with Gasteiger partial charge in [0.1, 0.15) is 5.82 Å². The van der Waals surface area contributed by atoms with E-state index in [0.29, 0.717) is 5.41 Å². The highest BCUT2D eigenvalue weighted by Crippen LogP contribution is 2.46. The van der Waals surface area contributed by atoms with Crippen LogP contribution in [0, 0.1) is 5.41 Å². The molecule has 1 aliphatic rings. The molecule has 128 valence electrons. The van der Waals surface area contributed by atoms with Gasteiger partial charge in [-0.1, -0.05) is 19.9 Å². The fourth-order valence-electron chi connectivity index (χ4n) is 2.83. The van der Waals surface area contributed by atoms with E-state index in [0.717, 1.165) is 44.3 Å². The van der Waals surface area contributed by atoms with Gasteiger partial charge in [-0.15, -0.1) is 0 Å². The Kier molecular flexibility index (Phi) is 5.50. The Morgan fingerprint density at radius 2 is 1.96 bits per heavy atom. The van der Waals surface area contributed by atoms with Crippen molar-refractivity contribution in [1.29, 1.82) is 0 Å². The van der Waals surface area contributed by atoms with Crippen molar-refractivity contribution in [3.63, 3.8) is 0 Å². The molecule has 2 N–H and O–H groups in total. The lowest BCUT2D eigenvalue weighted by Gasteiger charge is -2.62. The number of nitrogens with one attached hydrogen (secondary N) is 2. The van der Waals surface area contributed by atoms with Gasteiger partial charge in [-0.25, -0.2) is 4.98 Å². The summed E-state index contributed by atoms with van der Waals surface area (Å²) < 4.78 is 0. The number of aliphatic imine (C=N–C) groups is 1. The minimum atomic E-state index is 0.148. The fraction of sp³-hybridized carbons (Fsp3) is 0.667. The Bertz CT molecular complexity index is 521. The summed E-state index contributed by atoms with van der Waals surface area (Å²) in [4.78, 5) is 11.1. The molecule has 5 heteroatoms. The molecule has 2 rings (SSSR count). The first-order valence-electron chi connectivity index (χ1n) is 8.52. The number of rotatable bonds is 6. The minimum absolute atomic E-state index is 0.148. The van der Waals surface area contributed by atoms with Crippen LogP contribution in [0.15, 0.2) is 29.4 Å². The van der Waals surface area contributed by atoms with Gasteiger partial charge >= 0.3 is 0 Å². The topological polar surface area (TPSA) is 52.6 Å². The molecular weight excluding hydrogens is 286 g/mol. The normalized spacial score (nSPS) is 19.2. The zero-order valence-electron chi connectivity index (χ0n) is 15.2. The molecule has 0 spiro atoms. The van der Waals surface area contributed by atoms with Gasteiger partial charge in [0.25, 0.3) is 0 Å². The first-order chi connectivity index (χ1) is 10.9. The molecule has 0 unspecified atom stereocenters. The third kappa shape index (κ3) is 3.95. The maximum absolute atomic E-state index is 4.44.